The van der Waals surface area contributed by atoms with Crippen LogP contribution in [0.25, 0.3) is 34.4 Å². The Labute approximate surface area is 448 Å². The van der Waals surface area contributed by atoms with E-state index < -0.39 is 34.5 Å². The number of rotatable bonds is 20. The van der Waals surface area contributed by atoms with Crippen LogP contribution in [-0.4, -0.2) is 38.2 Å². The first-order chi connectivity index (χ1) is 36.8. The van der Waals surface area contributed by atoms with E-state index in [1.807, 2.05) is 31.2 Å². The average molecular weight is 1100 g/mol. The molecule has 1 atom stereocenters. The molecule has 0 saturated heterocycles. The number of carbonyl (C=O) groups is 2. The highest BCUT2D eigenvalue weighted by Crippen LogP contribution is 2.42. The summed E-state index contributed by atoms with van der Waals surface area (Å²) < 4.78 is 109. The van der Waals surface area contributed by atoms with E-state index in [0.29, 0.717) is 85.5 Å². The fraction of sp³-hybridized carbons (Fsp3) is 0.107. The lowest BCUT2D eigenvalue weighted by Crippen LogP contribution is -2.22. The first kappa shape index (κ1) is 59.1. The number of allylic oxidation sites excluding steroid dienone is 6. The van der Waals surface area contributed by atoms with Crippen LogP contribution in [0.5, 0.6) is 11.5 Å². The molecule has 1 amide bonds. The van der Waals surface area contributed by atoms with Crippen molar-refractivity contribution < 1.29 is 49.6 Å². The summed E-state index contributed by atoms with van der Waals surface area (Å²) in [7, 11) is 2.97. The van der Waals surface area contributed by atoms with Crippen LogP contribution >= 0.6 is 11.9 Å². The Morgan fingerprint density at radius 2 is 1.14 bits per heavy atom. The highest BCUT2D eigenvalue weighted by molar-refractivity contribution is 7.97. The van der Waals surface area contributed by atoms with Crippen molar-refractivity contribution in [3.8, 4) is 33.8 Å². The number of amides is 1. The van der Waals surface area contributed by atoms with E-state index in [4.69, 9.17) is 32.4 Å². The Morgan fingerprint density at radius 1 is 0.623 bits per heavy atom. The number of aldehydes is 1. The number of alkyl halides is 6. The maximum absolute atomic E-state index is 13.2. The van der Waals surface area contributed by atoms with Gasteiger partial charge in [-0.05, 0) is 186 Å². The van der Waals surface area contributed by atoms with Crippen molar-refractivity contribution in [1.82, 2.24) is 9.44 Å². The Bertz CT molecular complexity index is 3250. The topological polar surface area (TPSA) is 204 Å². The number of halogens is 6. The van der Waals surface area contributed by atoms with Gasteiger partial charge in [-0.25, -0.2) is 4.21 Å². The summed E-state index contributed by atoms with van der Waals surface area (Å²) in [5, 5.41) is 0. The van der Waals surface area contributed by atoms with Gasteiger partial charge in [-0.3, -0.25) is 19.2 Å². The van der Waals surface area contributed by atoms with E-state index in [-0.39, 0.29) is 5.82 Å². The molecule has 6 aromatic carbocycles. The second-order valence-corrected chi connectivity index (χ2v) is 18.1. The molecule has 0 heterocycles. The smallest absolute Gasteiger partial charge is 0.416 e. The molecular formula is C56H54F6N8O5S2. The minimum absolute atomic E-state index is 0.145. The van der Waals surface area contributed by atoms with E-state index in [0.717, 1.165) is 34.7 Å². The van der Waals surface area contributed by atoms with Crippen LogP contribution in [0, 0.1) is 0 Å². The fourth-order valence-corrected chi connectivity index (χ4v) is 8.79. The molecule has 0 bridgehead atoms. The number of nitrogens with one attached hydrogen (secondary N) is 2. The first-order valence-electron chi connectivity index (χ1n) is 22.8. The van der Waals surface area contributed by atoms with E-state index in [9.17, 15) is 40.1 Å². The zero-order chi connectivity index (χ0) is 56.3. The fourth-order valence-electron chi connectivity index (χ4n) is 7.34. The van der Waals surface area contributed by atoms with Crippen LogP contribution in [0.15, 0.2) is 192 Å². The van der Waals surface area contributed by atoms with E-state index in [1.165, 1.54) is 73.8 Å². The lowest BCUT2D eigenvalue weighted by atomic mass is 10.0. The Morgan fingerprint density at radius 3 is 1.68 bits per heavy atom. The van der Waals surface area contributed by atoms with Gasteiger partial charge in [0.05, 0.1) is 47.3 Å². The number of anilines is 4. The molecule has 0 fully saturated rings. The molecule has 0 aliphatic rings. The number of nitrogens with zero attached hydrogens (tertiary/aromatic N) is 2. The third kappa shape index (κ3) is 16.1. The third-order valence-corrected chi connectivity index (χ3v) is 12.9. The first-order valence-corrected chi connectivity index (χ1v) is 24.8. The van der Waals surface area contributed by atoms with Gasteiger partial charge in [0.1, 0.15) is 29.4 Å². The number of hydrogen-bond donors (Lipinski definition) is 6. The maximum Gasteiger partial charge on any atom is 0.416 e. The molecule has 0 spiro atoms. The van der Waals surface area contributed by atoms with Crippen LogP contribution in [0.2, 0.25) is 0 Å². The summed E-state index contributed by atoms with van der Waals surface area (Å²) >= 11 is 1.29. The molecule has 13 nitrogen and oxygen atoms in total. The number of ether oxygens (including phenoxy) is 2. The van der Waals surface area contributed by atoms with Crippen LogP contribution in [0.4, 0.5) is 49.1 Å². The van der Waals surface area contributed by atoms with Crippen molar-refractivity contribution in [2.45, 2.75) is 29.1 Å². The molecule has 0 saturated carbocycles. The Balaban J connectivity index is 0.000000284. The molecule has 10 N–H and O–H groups in total. The van der Waals surface area contributed by atoms with Crippen LogP contribution < -0.4 is 51.7 Å². The van der Waals surface area contributed by atoms with Crippen molar-refractivity contribution in [2.75, 3.05) is 31.1 Å². The summed E-state index contributed by atoms with van der Waals surface area (Å²) in [6.07, 6.45) is 7.77. The van der Waals surface area contributed by atoms with Crippen molar-refractivity contribution in [1.29, 1.82) is 0 Å². The lowest BCUT2D eigenvalue weighted by molar-refractivity contribution is -0.138. The second-order valence-electron chi connectivity index (χ2n) is 16.0. The van der Waals surface area contributed by atoms with Gasteiger partial charge in [-0.1, -0.05) is 48.6 Å². The van der Waals surface area contributed by atoms with Crippen LogP contribution in [-0.2, 0) is 32.9 Å². The molecule has 0 aliphatic heterocycles. The SMILES string of the molecule is C/C=C\c1cc(SN/C(N)=C/C=C\N)ccc1N(C=O)c1ccc(-c2cccc(C(F)(F)F)c2)cc1OC.COc1cc(-c2cccc(C(F)(F)F)c2)ccc1N(C)c1ccc(S(=O)N/C(N)=C/C=C\N)cc1/C=C\C=O. The van der Waals surface area contributed by atoms with E-state index in [1.54, 1.807) is 103 Å². The normalized spacial score (nSPS) is 12.6. The quantitative estimate of drug-likeness (QED) is 0.0139. The monoisotopic (exact) mass is 1100 g/mol. The van der Waals surface area contributed by atoms with Gasteiger partial charge in [0.25, 0.3) is 0 Å². The van der Waals surface area contributed by atoms with Gasteiger partial charge in [0, 0.05) is 17.6 Å². The molecule has 0 aromatic heterocycles. The molecule has 0 aliphatic carbocycles. The zero-order valence-corrected chi connectivity index (χ0v) is 43.4. The molecule has 6 rings (SSSR count). The molecular weight excluding hydrogens is 1040 g/mol. The third-order valence-electron chi connectivity index (χ3n) is 10.9. The number of benzene rings is 6. The van der Waals surface area contributed by atoms with Crippen LogP contribution in [0.3, 0.4) is 0 Å². The number of hydrogen-bond acceptors (Lipinski definition) is 12. The molecule has 0 radical (unpaired) electrons. The predicted octanol–water partition coefficient (Wildman–Crippen LogP) is 11.8. The standard InChI is InChI=1S/C28H27F3N4O3S.C28H27F3N4O2S/c1-35(24-13-11-23(17-21(24)7-5-15-36)39(37)34-27(33)9-4-14-32)25-12-10-20(18-26(25)38-2)19-6-3-8-22(16-19)28(29,30)31;1-3-6-21-16-23(38-34-27(33)9-5-14-32)11-13-24(21)35(18-36)25-12-10-20(17-26(25)37-2)19-7-4-8-22(15-19)28(29,30)31/h3-18,34H,32-33H2,1-2H3;3-18,34H,32-33H2,1-2H3/b7-5-,14-4-,27-9+;6-3-,14-5-,27-9+. The summed E-state index contributed by atoms with van der Waals surface area (Å²) in [6, 6.07) is 30.6. The summed E-state index contributed by atoms with van der Waals surface area (Å²) in [5.41, 5.74) is 26.2. The number of carbonyl (C=O) groups excluding carboxylic acids is 2. The highest BCUT2D eigenvalue weighted by atomic mass is 32.2. The van der Waals surface area contributed by atoms with E-state index >= 15 is 0 Å². The van der Waals surface area contributed by atoms with Gasteiger partial charge in [-0.2, -0.15) is 26.3 Å². The molecule has 21 heteroatoms. The van der Waals surface area contributed by atoms with Gasteiger partial charge >= 0.3 is 12.4 Å². The van der Waals surface area contributed by atoms with E-state index in [2.05, 4.69) is 9.44 Å². The summed E-state index contributed by atoms with van der Waals surface area (Å²) in [6.45, 7) is 1.86. The Kier molecular flexibility index (Phi) is 21.2. The average Bonchev–Trinajstić information content (AvgIpc) is 3.43. The molecule has 6 aromatic rings. The van der Waals surface area contributed by atoms with Crippen molar-refractivity contribution >= 4 is 70.5 Å². The van der Waals surface area contributed by atoms with Gasteiger partial charge < -0.3 is 42.0 Å². The van der Waals surface area contributed by atoms with Crippen molar-refractivity contribution in [3.63, 3.8) is 0 Å². The maximum atomic E-state index is 13.2. The van der Waals surface area contributed by atoms with Gasteiger partial charge in [0.15, 0.2) is 11.0 Å². The summed E-state index contributed by atoms with van der Waals surface area (Å²) in [4.78, 5) is 27.8. The minimum atomic E-state index is -4.46. The second kappa shape index (κ2) is 27.6. The van der Waals surface area contributed by atoms with Crippen LogP contribution in [0.1, 0.15) is 29.2 Å². The number of methoxy groups -OCH3 is 2. The zero-order valence-electron chi connectivity index (χ0n) is 41.8. The van der Waals surface area contributed by atoms with Crippen molar-refractivity contribution in [2.24, 2.45) is 22.9 Å². The minimum Gasteiger partial charge on any atom is -0.495 e. The van der Waals surface area contributed by atoms with Gasteiger partial charge in [-0.15, -0.1) is 0 Å². The Hall–Kier alpha value is -8.82. The molecule has 402 valence electrons. The number of nitrogens with two attached hydrogens (primary N) is 4. The largest absolute Gasteiger partial charge is 0.495 e. The molecule has 1 unspecified atom stereocenters. The van der Waals surface area contributed by atoms with Gasteiger partial charge in [0.2, 0.25) is 6.41 Å². The summed E-state index contributed by atoms with van der Waals surface area (Å²) in [5.74, 6) is 1.29. The highest BCUT2D eigenvalue weighted by Gasteiger charge is 2.31. The lowest BCUT2D eigenvalue weighted by Gasteiger charge is -2.25. The predicted molar refractivity (Wildman–Crippen MR) is 296 cm³/mol. The molecule has 77 heavy (non-hydrogen) atoms. The van der Waals surface area contributed by atoms with Crippen molar-refractivity contribution in [3.05, 3.63) is 204 Å².